The van der Waals surface area contributed by atoms with Crippen LogP contribution in [0.15, 0.2) is 42.5 Å². The van der Waals surface area contributed by atoms with Crippen molar-refractivity contribution in [2.24, 2.45) is 0 Å². The summed E-state index contributed by atoms with van der Waals surface area (Å²) in [6.45, 7) is 0. The molecule has 0 bridgehead atoms. The first kappa shape index (κ1) is 12.9. The lowest BCUT2D eigenvalue weighted by Crippen LogP contribution is -2.08. The second kappa shape index (κ2) is 5.39. The van der Waals surface area contributed by atoms with Gasteiger partial charge in [0.15, 0.2) is 11.6 Å². The van der Waals surface area contributed by atoms with Gasteiger partial charge in [0, 0.05) is 6.07 Å². The minimum atomic E-state index is -0.847. The SMILES string of the molecule is COc1ccc(C(=O)Oc2ccc(O)c(F)c2)cc1. The van der Waals surface area contributed by atoms with Gasteiger partial charge in [0.1, 0.15) is 11.5 Å². The maximum absolute atomic E-state index is 13.1. The average molecular weight is 262 g/mol. The molecule has 5 heteroatoms. The third kappa shape index (κ3) is 3.01. The number of halogens is 1. The molecular weight excluding hydrogens is 251 g/mol. The summed E-state index contributed by atoms with van der Waals surface area (Å²) in [6, 6.07) is 9.68. The number of phenolic OH excluding ortho intramolecular Hbond substituents is 1. The Kier molecular flexibility index (Phi) is 3.66. The quantitative estimate of drug-likeness (QED) is 0.682. The first-order valence-corrected chi connectivity index (χ1v) is 5.45. The fourth-order valence-corrected chi connectivity index (χ4v) is 1.44. The van der Waals surface area contributed by atoms with E-state index >= 15 is 0 Å². The standard InChI is InChI=1S/C14H11FO4/c1-18-10-4-2-9(3-5-10)14(17)19-11-6-7-13(16)12(15)8-11/h2-8,16H,1H3. The zero-order valence-electron chi connectivity index (χ0n) is 10.1. The van der Waals surface area contributed by atoms with Crippen molar-refractivity contribution in [2.45, 2.75) is 0 Å². The molecule has 0 heterocycles. The summed E-state index contributed by atoms with van der Waals surface area (Å²) >= 11 is 0. The van der Waals surface area contributed by atoms with E-state index in [1.54, 1.807) is 12.1 Å². The van der Waals surface area contributed by atoms with Crippen LogP contribution in [-0.2, 0) is 0 Å². The van der Waals surface area contributed by atoms with E-state index in [-0.39, 0.29) is 5.75 Å². The number of hydrogen-bond acceptors (Lipinski definition) is 4. The monoisotopic (exact) mass is 262 g/mol. The Morgan fingerprint density at radius 1 is 1.11 bits per heavy atom. The van der Waals surface area contributed by atoms with Crippen molar-refractivity contribution in [1.29, 1.82) is 0 Å². The van der Waals surface area contributed by atoms with Gasteiger partial charge in [-0.3, -0.25) is 0 Å². The predicted molar refractivity (Wildman–Crippen MR) is 66.0 cm³/mol. The smallest absolute Gasteiger partial charge is 0.343 e. The molecular formula is C14H11FO4. The molecule has 2 rings (SSSR count). The van der Waals surface area contributed by atoms with Gasteiger partial charge in [-0.1, -0.05) is 0 Å². The van der Waals surface area contributed by atoms with E-state index < -0.39 is 17.5 Å². The number of methoxy groups -OCH3 is 1. The van der Waals surface area contributed by atoms with Crippen molar-refractivity contribution < 1.29 is 23.8 Å². The number of benzene rings is 2. The van der Waals surface area contributed by atoms with E-state index in [4.69, 9.17) is 14.6 Å². The second-order valence-electron chi connectivity index (χ2n) is 3.73. The highest BCUT2D eigenvalue weighted by Gasteiger charge is 2.10. The largest absolute Gasteiger partial charge is 0.505 e. The molecule has 0 saturated heterocycles. The zero-order chi connectivity index (χ0) is 13.8. The lowest BCUT2D eigenvalue weighted by Gasteiger charge is -2.05. The summed E-state index contributed by atoms with van der Waals surface area (Å²) in [7, 11) is 1.52. The Bertz CT molecular complexity index is 593. The van der Waals surface area contributed by atoms with Gasteiger partial charge in [0.05, 0.1) is 12.7 Å². The molecule has 0 aliphatic rings. The van der Waals surface area contributed by atoms with E-state index in [9.17, 15) is 9.18 Å². The molecule has 0 aliphatic heterocycles. The molecule has 2 aromatic carbocycles. The number of aromatic hydroxyl groups is 1. The van der Waals surface area contributed by atoms with Gasteiger partial charge >= 0.3 is 5.97 Å². The Balaban J connectivity index is 2.13. The summed E-state index contributed by atoms with van der Waals surface area (Å²) in [6.07, 6.45) is 0. The first-order chi connectivity index (χ1) is 9.10. The van der Waals surface area contributed by atoms with Crippen LogP contribution in [0.5, 0.6) is 17.2 Å². The molecule has 0 fully saturated rings. The normalized spacial score (nSPS) is 10.0. The molecule has 98 valence electrons. The number of hydrogen-bond donors (Lipinski definition) is 1. The molecule has 0 amide bonds. The van der Waals surface area contributed by atoms with Gasteiger partial charge in [0.25, 0.3) is 0 Å². The molecule has 0 unspecified atom stereocenters. The highest BCUT2D eigenvalue weighted by molar-refractivity contribution is 5.91. The minimum absolute atomic E-state index is 0.0242. The summed E-state index contributed by atoms with van der Waals surface area (Å²) in [5, 5.41) is 9.02. The second-order valence-corrected chi connectivity index (χ2v) is 3.73. The Labute approximate surface area is 109 Å². The maximum Gasteiger partial charge on any atom is 0.343 e. The number of carbonyl (C=O) groups excluding carboxylic acids is 1. The van der Waals surface area contributed by atoms with Crippen LogP contribution in [0.1, 0.15) is 10.4 Å². The van der Waals surface area contributed by atoms with E-state index in [1.165, 1.54) is 25.3 Å². The van der Waals surface area contributed by atoms with Crippen LogP contribution >= 0.6 is 0 Å². The topological polar surface area (TPSA) is 55.8 Å². The molecule has 4 nitrogen and oxygen atoms in total. The van der Waals surface area contributed by atoms with Gasteiger partial charge in [-0.05, 0) is 36.4 Å². The molecule has 2 aromatic rings. The Morgan fingerprint density at radius 3 is 2.32 bits per heavy atom. The number of phenols is 1. The molecule has 0 saturated carbocycles. The van der Waals surface area contributed by atoms with E-state index in [0.717, 1.165) is 12.1 Å². The third-order valence-corrected chi connectivity index (χ3v) is 2.46. The number of carbonyl (C=O) groups is 1. The zero-order valence-corrected chi connectivity index (χ0v) is 10.1. The van der Waals surface area contributed by atoms with Crippen LogP contribution in [0.3, 0.4) is 0 Å². The van der Waals surface area contributed by atoms with Crippen LogP contribution in [-0.4, -0.2) is 18.2 Å². The van der Waals surface area contributed by atoms with Crippen molar-refractivity contribution >= 4 is 5.97 Å². The van der Waals surface area contributed by atoms with E-state index in [2.05, 4.69) is 0 Å². The van der Waals surface area contributed by atoms with Gasteiger partial charge in [-0.15, -0.1) is 0 Å². The van der Waals surface area contributed by atoms with Crippen molar-refractivity contribution in [1.82, 2.24) is 0 Å². The van der Waals surface area contributed by atoms with Crippen molar-refractivity contribution in [3.8, 4) is 17.2 Å². The summed E-state index contributed by atoms with van der Waals surface area (Å²) in [5.41, 5.74) is 0.314. The fourth-order valence-electron chi connectivity index (χ4n) is 1.44. The van der Waals surface area contributed by atoms with Crippen molar-refractivity contribution in [3.63, 3.8) is 0 Å². The van der Waals surface area contributed by atoms with Crippen LogP contribution in [0.2, 0.25) is 0 Å². The lowest BCUT2D eigenvalue weighted by atomic mass is 10.2. The molecule has 0 spiro atoms. The van der Waals surface area contributed by atoms with Gasteiger partial charge in [-0.25, -0.2) is 9.18 Å². The number of rotatable bonds is 3. The minimum Gasteiger partial charge on any atom is -0.505 e. The molecule has 1 N–H and O–H groups in total. The number of ether oxygens (including phenoxy) is 2. The Hall–Kier alpha value is -2.56. The number of esters is 1. The van der Waals surface area contributed by atoms with Crippen LogP contribution < -0.4 is 9.47 Å². The highest BCUT2D eigenvalue weighted by atomic mass is 19.1. The molecule has 0 radical (unpaired) electrons. The summed E-state index contributed by atoms with van der Waals surface area (Å²) in [4.78, 5) is 11.8. The summed E-state index contributed by atoms with van der Waals surface area (Å²) < 4.78 is 23.0. The van der Waals surface area contributed by atoms with Gasteiger partial charge in [-0.2, -0.15) is 0 Å². The average Bonchev–Trinajstić information content (AvgIpc) is 2.43. The molecule has 19 heavy (non-hydrogen) atoms. The molecule has 0 aromatic heterocycles. The Morgan fingerprint density at radius 2 is 1.74 bits per heavy atom. The van der Waals surface area contributed by atoms with E-state index in [1.807, 2.05) is 0 Å². The van der Waals surface area contributed by atoms with E-state index in [0.29, 0.717) is 11.3 Å². The first-order valence-electron chi connectivity index (χ1n) is 5.45. The van der Waals surface area contributed by atoms with Crippen LogP contribution in [0.4, 0.5) is 4.39 Å². The third-order valence-electron chi connectivity index (χ3n) is 2.46. The van der Waals surface area contributed by atoms with Crippen LogP contribution in [0, 0.1) is 5.82 Å². The molecule has 0 atom stereocenters. The van der Waals surface area contributed by atoms with Gasteiger partial charge in [0.2, 0.25) is 0 Å². The highest BCUT2D eigenvalue weighted by Crippen LogP contribution is 2.22. The maximum atomic E-state index is 13.1. The predicted octanol–water partition coefficient (Wildman–Crippen LogP) is 2.76. The van der Waals surface area contributed by atoms with Crippen molar-refractivity contribution in [2.75, 3.05) is 7.11 Å². The lowest BCUT2D eigenvalue weighted by molar-refractivity contribution is 0.0734. The van der Waals surface area contributed by atoms with Crippen LogP contribution in [0.25, 0.3) is 0 Å². The van der Waals surface area contributed by atoms with Crippen molar-refractivity contribution in [3.05, 3.63) is 53.8 Å². The fraction of sp³-hybridized carbons (Fsp3) is 0.0714. The van der Waals surface area contributed by atoms with Gasteiger partial charge < -0.3 is 14.6 Å². The molecule has 0 aliphatic carbocycles. The summed E-state index contributed by atoms with van der Waals surface area (Å²) in [5.74, 6) is -1.32.